The Kier molecular flexibility index (Phi) is 2.68. The first kappa shape index (κ1) is 9.46. The first-order valence-corrected chi connectivity index (χ1v) is 5.08. The Bertz CT molecular complexity index is 324. The summed E-state index contributed by atoms with van der Waals surface area (Å²) in [6.45, 7) is 2.40. The van der Waals surface area contributed by atoms with Crippen LogP contribution < -0.4 is 0 Å². The number of nitrogens with zero attached hydrogens (tertiary/aromatic N) is 1. The first-order chi connectivity index (χ1) is 6.77. The molecule has 0 bridgehead atoms. The molecule has 3 nitrogen and oxygen atoms in total. The molecule has 1 aliphatic rings. The number of carbonyl (C=O) groups excluding carboxylic acids is 1. The first-order valence-electron chi connectivity index (χ1n) is 5.08. The van der Waals surface area contributed by atoms with Gasteiger partial charge in [-0.05, 0) is 30.9 Å². The molecule has 0 spiro atoms. The molecule has 1 aromatic heterocycles. The van der Waals surface area contributed by atoms with Gasteiger partial charge >= 0.3 is 0 Å². The minimum Gasteiger partial charge on any atom is -0.373 e. The molecule has 14 heavy (non-hydrogen) atoms. The lowest BCUT2D eigenvalue weighted by atomic mass is 10.0. The van der Waals surface area contributed by atoms with E-state index in [2.05, 4.69) is 0 Å². The Morgan fingerprint density at radius 2 is 2.43 bits per heavy atom. The molecule has 2 heterocycles. The highest BCUT2D eigenvalue weighted by Gasteiger charge is 2.17. The predicted octanol–water partition coefficient (Wildman–Crippen LogP) is 2.39. The predicted molar refractivity (Wildman–Crippen MR) is 53.3 cm³/mol. The van der Waals surface area contributed by atoms with E-state index in [1.807, 2.05) is 12.3 Å². The van der Waals surface area contributed by atoms with E-state index in [0.717, 1.165) is 25.0 Å². The Morgan fingerprint density at radius 3 is 3.00 bits per heavy atom. The van der Waals surface area contributed by atoms with Crippen LogP contribution in [0.3, 0.4) is 0 Å². The van der Waals surface area contributed by atoms with Crippen molar-refractivity contribution in [2.45, 2.75) is 32.3 Å². The molecular weight excluding hydrogens is 178 g/mol. The van der Waals surface area contributed by atoms with Crippen LogP contribution in [0.25, 0.3) is 0 Å². The molecular formula is C11H15NO2. The SMILES string of the molecule is CC(=O)n1ccc(C2CCCCO2)c1. The Balaban J connectivity index is 2.11. The van der Waals surface area contributed by atoms with Gasteiger partial charge in [-0.15, -0.1) is 0 Å². The largest absolute Gasteiger partial charge is 0.373 e. The summed E-state index contributed by atoms with van der Waals surface area (Å²) in [6.07, 6.45) is 7.32. The van der Waals surface area contributed by atoms with Crippen molar-refractivity contribution in [1.29, 1.82) is 0 Å². The maximum absolute atomic E-state index is 11.1. The molecule has 1 aliphatic heterocycles. The lowest BCUT2D eigenvalue weighted by molar-refractivity contribution is 0.0150. The Labute approximate surface area is 83.7 Å². The fourth-order valence-electron chi connectivity index (χ4n) is 1.80. The minimum atomic E-state index is 0.0482. The minimum absolute atomic E-state index is 0.0482. The van der Waals surface area contributed by atoms with Gasteiger partial charge < -0.3 is 4.74 Å². The van der Waals surface area contributed by atoms with Gasteiger partial charge in [-0.2, -0.15) is 0 Å². The Morgan fingerprint density at radius 1 is 1.57 bits per heavy atom. The molecule has 2 rings (SSSR count). The van der Waals surface area contributed by atoms with Crippen LogP contribution in [0.1, 0.15) is 42.6 Å². The third-order valence-electron chi connectivity index (χ3n) is 2.63. The maximum Gasteiger partial charge on any atom is 0.227 e. The molecule has 0 amide bonds. The molecule has 1 unspecified atom stereocenters. The second kappa shape index (κ2) is 3.96. The average Bonchev–Trinajstić information content (AvgIpc) is 2.68. The van der Waals surface area contributed by atoms with Crippen molar-refractivity contribution >= 4 is 5.91 Å². The number of rotatable bonds is 1. The third-order valence-corrected chi connectivity index (χ3v) is 2.63. The second-order valence-corrected chi connectivity index (χ2v) is 3.73. The topological polar surface area (TPSA) is 31.2 Å². The molecule has 0 aromatic carbocycles. The van der Waals surface area contributed by atoms with Gasteiger partial charge in [-0.3, -0.25) is 9.36 Å². The summed E-state index contributed by atoms with van der Waals surface area (Å²) in [5.74, 6) is 0.0482. The number of hydrogen-bond acceptors (Lipinski definition) is 2. The summed E-state index contributed by atoms with van der Waals surface area (Å²) >= 11 is 0. The van der Waals surface area contributed by atoms with E-state index in [0.29, 0.717) is 0 Å². The van der Waals surface area contributed by atoms with Crippen molar-refractivity contribution in [3.05, 3.63) is 24.0 Å². The lowest BCUT2D eigenvalue weighted by Crippen LogP contribution is -2.11. The monoisotopic (exact) mass is 193 g/mol. The highest BCUT2D eigenvalue weighted by atomic mass is 16.5. The molecule has 0 aliphatic carbocycles. The quantitative estimate of drug-likeness (QED) is 0.685. The molecule has 1 saturated heterocycles. The van der Waals surface area contributed by atoms with Gasteiger partial charge in [0.05, 0.1) is 6.10 Å². The molecule has 0 radical (unpaired) electrons. The van der Waals surface area contributed by atoms with E-state index in [1.165, 1.54) is 6.42 Å². The van der Waals surface area contributed by atoms with Crippen LogP contribution >= 0.6 is 0 Å². The second-order valence-electron chi connectivity index (χ2n) is 3.73. The van der Waals surface area contributed by atoms with Gasteiger partial charge in [0, 0.05) is 25.9 Å². The summed E-state index contributed by atoms with van der Waals surface area (Å²) in [4.78, 5) is 11.1. The molecule has 0 N–H and O–H groups in total. The summed E-state index contributed by atoms with van der Waals surface area (Å²) < 4.78 is 7.24. The number of hydrogen-bond donors (Lipinski definition) is 0. The van der Waals surface area contributed by atoms with Crippen molar-refractivity contribution in [2.24, 2.45) is 0 Å². The van der Waals surface area contributed by atoms with Crippen molar-refractivity contribution in [2.75, 3.05) is 6.61 Å². The van der Waals surface area contributed by atoms with Crippen molar-refractivity contribution < 1.29 is 9.53 Å². The average molecular weight is 193 g/mol. The van der Waals surface area contributed by atoms with Crippen LogP contribution in [0.4, 0.5) is 0 Å². The van der Waals surface area contributed by atoms with Crippen molar-refractivity contribution in [1.82, 2.24) is 4.57 Å². The van der Waals surface area contributed by atoms with Gasteiger partial charge in [-0.25, -0.2) is 0 Å². The van der Waals surface area contributed by atoms with E-state index >= 15 is 0 Å². The smallest absolute Gasteiger partial charge is 0.227 e. The zero-order valence-corrected chi connectivity index (χ0v) is 8.40. The summed E-state index contributed by atoms with van der Waals surface area (Å²) in [5.41, 5.74) is 1.12. The van der Waals surface area contributed by atoms with Crippen LogP contribution in [0.2, 0.25) is 0 Å². The van der Waals surface area contributed by atoms with Gasteiger partial charge in [0.15, 0.2) is 0 Å². The molecule has 0 saturated carbocycles. The fourth-order valence-corrected chi connectivity index (χ4v) is 1.80. The molecule has 3 heteroatoms. The van der Waals surface area contributed by atoms with Crippen LogP contribution in [0.15, 0.2) is 18.5 Å². The van der Waals surface area contributed by atoms with E-state index < -0.39 is 0 Å². The molecule has 1 fully saturated rings. The normalized spacial score (nSPS) is 22.2. The lowest BCUT2D eigenvalue weighted by Gasteiger charge is -2.21. The zero-order chi connectivity index (χ0) is 9.97. The standard InChI is InChI=1S/C11H15NO2/c1-9(13)12-6-5-10(8-12)11-4-2-3-7-14-11/h5-6,8,11H,2-4,7H2,1H3. The maximum atomic E-state index is 11.1. The van der Waals surface area contributed by atoms with Crippen LogP contribution in [-0.4, -0.2) is 17.1 Å². The van der Waals surface area contributed by atoms with Crippen LogP contribution in [-0.2, 0) is 4.74 Å². The van der Waals surface area contributed by atoms with Crippen molar-refractivity contribution in [3.63, 3.8) is 0 Å². The van der Waals surface area contributed by atoms with Gasteiger partial charge in [0.2, 0.25) is 5.91 Å². The number of carbonyl (C=O) groups is 1. The van der Waals surface area contributed by atoms with E-state index in [9.17, 15) is 4.79 Å². The van der Waals surface area contributed by atoms with E-state index in [4.69, 9.17) is 4.74 Å². The van der Waals surface area contributed by atoms with Crippen molar-refractivity contribution in [3.8, 4) is 0 Å². The van der Waals surface area contributed by atoms with Gasteiger partial charge in [0.1, 0.15) is 0 Å². The fraction of sp³-hybridized carbons (Fsp3) is 0.545. The highest BCUT2D eigenvalue weighted by molar-refractivity contribution is 5.76. The summed E-state index contributed by atoms with van der Waals surface area (Å²) in [6, 6.07) is 1.97. The summed E-state index contributed by atoms with van der Waals surface area (Å²) in [5, 5.41) is 0. The molecule has 1 aromatic rings. The van der Waals surface area contributed by atoms with Crippen LogP contribution in [0.5, 0.6) is 0 Å². The van der Waals surface area contributed by atoms with Gasteiger partial charge in [0.25, 0.3) is 0 Å². The Hall–Kier alpha value is -1.09. The molecule has 76 valence electrons. The number of aromatic nitrogens is 1. The van der Waals surface area contributed by atoms with E-state index in [-0.39, 0.29) is 12.0 Å². The third kappa shape index (κ3) is 1.87. The highest BCUT2D eigenvalue weighted by Crippen LogP contribution is 2.27. The molecule has 1 atom stereocenters. The van der Waals surface area contributed by atoms with Crippen LogP contribution in [0, 0.1) is 0 Å². The number of ether oxygens (including phenoxy) is 1. The zero-order valence-electron chi connectivity index (χ0n) is 8.40. The van der Waals surface area contributed by atoms with E-state index in [1.54, 1.807) is 17.7 Å². The summed E-state index contributed by atoms with van der Waals surface area (Å²) in [7, 11) is 0. The van der Waals surface area contributed by atoms with Gasteiger partial charge in [-0.1, -0.05) is 0 Å².